The zero-order chi connectivity index (χ0) is 24.8. The van der Waals surface area contributed by atoms with Gasteiger partial charge in [0.05, 0.1) is 7.05 Å². The van der Waals surface area contributed by atoms with Crippen LogP contribution in [0, 0.1) is 33.0 Å². The molecule has 2 heterocycles. The Morgan fingerprint density at radius 3 is 2.11 bits per heavy atom. The van der Waals surface area contributed by atoms with E-state index in [-0.39, 0.29) is 32.7 Å². The van der Waals surface area contributed by atoms with Crippen LogP contribution in [-0.4, -0.2) is 9.13 Å². The fourth-order valence-corrected chi connectivity index (χ4v) is 5.33. The molecule has 179 valence electrons. The third-order valence-electron chi connectivity index (χ3n) is 7.01. The normalized spacial score (nSPS) is 11.0. The quantitative estimate of drug-likeness (QED) is 0.163. The number of benzene rings is 4. The fourth-order valence-electron chi connectivity index (χ4n) is 5.33. The van der Waals surface area contributed by atoms with Gasteiger partial charge in [-0.05, 0) is 50.2 Å². The Morgan fingerprint density at radius 2 is 1.41 bits per heavy atom. The van der Waals surface area contributed by atoms with Gasteiger partial charge < -0.3 is 4.57 Å². The van der Waals surface area contributed by atoms with Crippen molar-refractivity contribution in [2.45, 2.75) is 20.8 Å². The van der Waals surface area contributed by atoms with Gasteiger partial charge in [-0.2, -0.15) is 29.8 Å². The van der Waals surface area contributed by atoms with E-state index in [4.69, 9.17) is 0 Å². The largest absolute Gasteiger partial charge is 0.339 e. The maximum absolute atomic E-state index is 3.73. The maximum atomic E-state index is 3.73. The molecule has 0 saturated carbocycles. The van der Waals surface area contributed by atoms with Crippen molar-refractivity contribution in [3.63, 3.8) is 0 Å². The minimum atomic E-state index is 0. The van der Waals surface area contributed by atoms with Crippen LogP contribution in [-0.2, 0) is 39.8 Å². The van der Waals surface area contributed by atoms with E-state index >= 15 is 0 Å². The fraction of sp³-hybridized carbons (Fsp3) is 0.121. The first-order valence-corrected chi connectivity index (χ1v) is 12.3. The first-order chi connectivity index (χ1) is 17.5. The van der Waals surface area contributed by atoms with E-state index in [1.54, 1.807) is 0 Å². The van der Waals surface area contributed by atoms with Crippen LogP contribution in [0.2, 0.25) is 0 Å². The van der Waals surface area contributed by atoms with E-state index in [0.29, 0.717) is 0 Å². The molecular formula is C33H28N3Y-. The van der Waals surface area contributed by atoms with Gasteiger partial charge in [0, 0.05) is 43.8 Å². The van der Waals surface area contributed by atoms with Crippen molar-refractivity contribution in [3.05, 3.63) is 126 Å². The Balaban J connectivity index is 0.00000280. The van der Waals surface area contributed by atoms with Gasteiger partial charge in [0.1, 0.15) is 11.9 Å². The van der Waals surface area contributed by atoms with Crippen LogP contribution in [0.15, 0.2) is 97.2 Å². The second-order valence-corrected chi connectivity index (χ2v) is 9.42. The van der Waals surface area contributed by atoms with Crippen molar-refractivity contribution in [1.29, 1.82) is 0 Å². The minimum Gasteiger partial charge on any atom is -0.339 e. The summed E-state index contributed by atoms with van der Waals surface area (Å²) in [5.74, 6) is 2.18. The monoisotopic (exact) mass is 555 g/mol. The minimum absolute atomic E-state index is 0. The number of aryl methyl sites for hydroxylation is 3. The van der Waals surface area contributed by atoms with Crippen LogP contribution in [0.5, 0.6) is 0 Å². The van der Waals surface area contributed by atoms with Gasteiger partial charge in [-0.1, -0.05) is 54.1 Å². The second-order valence-electron chi connectivity index (χ2n) is 9.42. The summed E-state index contributed by atoms with van der Waals surface area (Å²) in [6, 6.07) is 35.1. The molecule has 37 heavy (non-hydrogen) atoms. The van der Waals surface area contributed by atoms with E-state index in [2.05, 4.69) is 139 Å². The number of nitrogens with zero attached hydrogens (tertiary/aromatic N) is 3. The molecule has 2 aromatic heterocycles. The maximum Gasteiger partial charge on any atom is 0.233 e. The van der Waals surface area contributed by atoms with Crippen molar-refractivity contribution >= 4 is 10.9 Å². The Bertz CT molecular complexity index is 1690. The van der Waals surface area contributed by atoms with Crippen molar-refractivity contribution in [2.75, 3.05) is 0 Å². The number of hydrogen-bond donors (Lipinski definition) is 0. The standard InChI is InChI=1S/C33H28N3.Y/c1-23-13-11-14-24(2)31(23)36-22-30(34(4)33(36)27-18-9-6-10-19-27)35-21-29(26-16-7-5-8-17-26)28-20-12-15-25(3)32(28)35;/h5-16,18-20,22H,1-4H3;/q-1;. The summed E-state index contributed by atoms with van der Waals surface area (Å²) in [7, 11) is 2.15. The molecule has 1 radical (unpaired) electrons. The van der Waals surface area contributed by atoms with E-state index in [1.807, 2.05) is 12.1 Å². The van der Waals surface area contributed by atoms with Gasteiger partial charge in [0.15, 0.2) is 5.82 Å². The molecule has 0 bridgehead atoms. The van der Waals surface area contributed by atoms with Crippen molar-refractivity contribution in [1.82, 2.24) is 9.13 Å². The molecule has 0 fully saturated rings. The van der Waals surface area contributed by atoms with Crippen LogP contribution in [0.1, 0.15) is 16.7 Å². The Kier molecular flexibility index (Phi) is 7.03. The molecule has 0 aliphatic carbocycles. The van der Waals surface area contributed by atoms with Gasteiger partial charge in [-0.15, -0.1) is 17.5 Å². The summed E-state index contributed by atoms with van der Waals surface area (Å²) in [6.45, 7) is 6.54. The summed E-state index contributed by atoms with van der Waals surface area (Å²) in [6.07, 6.45) is 5.98. The summed E-state index contributed by atoms with van der Waals surface area (Å²) < 4.78 is 6.83. The van der Waals surface area contributed by atoms with Gasteiger partial charge in [-0.25, -0.2) is 10.1 Å². The number of imidazole rings is 1. The molecule has 0 aliphatic rings. The van der Waals surface area contributed by atoms with Gasteiger partial charge in [-0.3, -0.25) is 4.57 Å². The molecular weight excluding hydrogens is 527 g/mol. The zero-order valence-corrected chi connectivity index (χ0v) is 24.5. The van der Waals surface area contributed by atoms with E-state index in [1.165, 1.54) is 38.8 Å². The average Bonchev–Trinajstić information content (AvgIpc) is 3.44. The van der Waals surface area contributed by atoms with E-state index in [9.17, 15) is 0 Å². The van der Waals surface area contributed by atoms with Gasteiger partial charge in [0.2, 0.25) is 5.82 Å². The predicted molar refractivity (Wildman–Crippen MR) is 147 cm³/mol. The molecule has 0 saturated heterocycles. The molecule has 4 aromatic carbocycles. The molecule has 3 nitrogen and oxygen atoms in total. The second kappa shape index (κ2) is 10.2. The SMILES string of the molecule is Cc1cccc(C)c1-n1cc(-n2[c-]c(-c3[c-]cccc3)c3cccc(C)c32)[n+](C)c1-c1ccccc1.[Y]. The summed E-state index contributed by atoms with van der Waals surface area (Å²) in [5.41, 5.74) is 9.35. The first kappa shape index (κ1) is 25.4. The van der Waals surface area contributed by atoms with Crippen LogP contribution in [0.25, 0.3) is 44.9 Å². The van der Waals surface area contributed by atoms with Crippen LogP contribution < -0.4 is 4.57 Å². The van der Waals surface area contributed by atoms with Crippen molar-refractivity contribution < 1.29 is 37.3 Å². The average molecular weight is 556 g/mol. The van der Waals surface area contributed by atoms with E-state index < -0.39 is 0 Å². The summed E-state index contributed by atoms with van der Waals surface area (Å²) in [5, 5.41) is 1.18. The van der Waals surface area contributed by atoms with Gasteiger partial charge >= 0.3 is 0 Å². The molecule has 0 aliphatic heterocycles. The van der Waals surface area contributed by atoms with Crippen LogP contribution in [0.3, 0.4) is 0 Å². The summed E-state index contributed by atoms with van der Waals surface area (Å²) in [4.78, 5) is 0. The Hall–Kier alpha value is -3.27. The first-order valence-electron chi connectivity index (χ1n) is 12.3. The molecule has 6 aromatic rings. The number of rotatable bonds is 4. The molecule has 0 unspecified atom stereocenters. The molecule has 0 N–H and O–H groups in total. The molecule has 4 heteroatoms. The van der Waals surface area contributed by atoms with Crippen LogP contribution in [0.4, 0.5) is 0 Å². The number of fused-ring (bicyclic) bond motifs is 1. The zero-order valence-electron chi connectivity index (χ0n) is 21.7. The molecule has 0 amide bonds. The Morgan fingerprint density at radius 1 is 0.730 bits per heavy atom. The third kappa shape index (κ3) is 4.31. The summed E-state index contributed by atoms with van der Waals surface area (Å²) >= 11 is 0. The van der Waals surface area contributed by atoms with Gasteiger partial charge in [0.25, 0.3) is 0 Å². The number of aromatic nitrogens is 3. The predicted octanol–water partition coefficient (Wildman–Crippen LogP) is 7.10. The van der Waals surface area contributed by atoms with Crippen molar-refractivity contribution in [3.8, 4) is 34.0 Å². The number of hydrogen-bond acceptors (Lipinski definition) is 0. The van der Waals surface area contributed by atoms with Crippen molar-refractivity contribution in [2.24, 2.45) is 7.05 Å². The topological polar surface area (TPSA) is 13.7 Å². The Labute approximate surface area is 243 Å². The molecule has 0 atom stereocenters. The molecule has 6 rings (SSSR count). The smallest absolute Gasteiger partial charge is 0.233 e. The van der Waals surface area contributed by atoms with E-state index in [0.717, 1.165) is 22.8 Å². The third-order valence-corrected chi connectivity index (χ3v) is 7.01. The van der Waals surface area contributed by atoms with Crippen LogP contribution >= 0.6 is 0 Å². The number of para-hydroxylation sites is 2. The molecule has 0 spiro atoms.